The lowest BCUT2D eigenvalue weighted by Gasteiger charge is -1.91. The van der Waals surface area contributed by atoms with Crippen LogP contribution in [-0.2, 0) is 0 Å². The molecule has 0 amide bonds. The van der Waals surface area contributed by atoms with Crippen LogP contribution in [0.3, 0.4) is 0 Å². The zero-order valence-electron chi connectivity index (χ0n) is 6.06. The van der Waals surface area contributed by atoms with Gasteiger partial charge in [0.05, 0.1) is 0 Å². The van der Waals surface area contributed by atoms with Crippen LogP contribution in [0.15, 0.2) is 0 Å². The lowest BCUT2D eigenvalue weighted by atomic mass is 11.0. The Morgan fingerprint density at radius 2 is 0.769 bits per heavy atom. The first kappa shape index (κ1) is 21.0. The summed E-state index contributed by atoms with van der Waals surface area (Å²) in [5.41, 5.74) is 0. The molecule has 0 heterocycles. The molecule has 0 aromatic rings. The molecule has 0 aliphatic rings. The molecule has 9 heteroatoms. The van der Waals surface area contributed by atoms with Crippen molar-refractivity contribution in [1.82, 2.24) is 0 Å². The molecule has 0 rings (SSSR count). The largest absolute Gasteiger partial charge is 0.266 e. The molecule has 0 saturated heterocycles. The molecule has 0 N–H and O–H groups in total. The van der Waals surface area contributed by atoms with E-state index in [9.17, 15) is 0 Å². The van der Waals surface area contributed by atoms with E-state index in [4.69, 9.17) is 104 Å². The second-order valence-electron chi connectivity index (χ2n) is 1.19. The Morgan fingerprint density at radius 1 is 0.769 bits per heavy atom. The Morgan fingerprint density at radius 3 is 0.769 bits per heavy atom. The van der Waals surface area contributed by atoms with E-state index < -0.39 is 7.55 Å². The Labute approximate surface area is 123 Å². The van der Waals surface area contributed by atoms with Crippen LogP contribution in [0.5, 0.6) is 0 Å². The molecule has 0 bridgehead atoms. The van der Waals surface area contributed by atoms with Gasteiger partial charge in [0.15, 0.2) is 4.30 Å². The van der Waals surface area contributed by atoms with Crippen molar-refractivity contribution in [2.45, 2.75) is 19.3 Å². The summed E-state index contributed by atoms with van der Waals surface area (Å²) in [4.78, 5) is -0.222. The van der Waals surface area contributed by atoms with Gasteiger partial charge in [0, 0.05) is 0 Å². The van der Waals surface area contributed by atoms with Crippen molar-refractivity contribution in [1.29, 1.82) is 0 Å². The van der Waals surface area contributed by atoms with Crippen molar-refractivity contribution in [2.24, 2.45) is 0 Å². The van der Waals surface area contributed by atoms with Gasteiger partial charge in [-0.05, 0) is 6.92 Å². The topological polar surface area (TPSA) is 0 Å². The van der Waals surface area contributed by atoms with Crippen LogP contribution in [0, 0.1) is 0 Å². The first-order chi connectivity index (χ1) is 5.46. The van der Waals surface area contributed by atoms with E-state index in [2.05, 4.69) is 0 Å². The van der Waals surface area contributed by atoms with E-state index in [-0.39, 0.29) is 4.84 Å². The molecule has 0 saturated carbocycles. The van der Waals surface area contributed by atoms with Crippen molar-refractivity contribution >= 4 is 104 Å². The molecule has 0 aromatic carbocycles. The third-order valence-electron chi connectivity index (χ3n) is 0. The van der Waals surface area contributed by atoms with Gasteiger partial charge in [-0.1, -0.05) is 81.2 Å². The Balaban J connectivity index is -0.000000117. The summed E-state index contributed by atoms with van der Waals surface area (Å²) in [6.07, 6.45) is 0. The molecule has 0 nitrogen and oxygen atoms in total. The summed E-state index contributed by atoms with van der Waals surface area (Å²) < 4.78 is -2.36. The van der Waals surface area contributed by atoms with Crippen LogP contribution in [0.4, 0.5) is 0 Å². The van der Waals surface area contributed by atoms with Gasteiger partial charge in [-0.3, -0.25) is 0 Å². The lowest BCUT2D eigenvalue weighted by Crippen LogP contribution is -1.81. The number of alkyl halides is 9. The van der Waals surface area contributed by atoms with Crippen molar-refractivity contribution < 1.29 is 0 Å². The van der Waals surface area contributed by atoms with Crippen molar-refractivity contribution in [3.63, 3.8) is 0 Å². The molecular weight excluding hydrogens is 367 g/mol. The standard InChI is InChI=1S/C2H4Cl2.CCl4.CHCl3/c1-2(3)4;2-1(3,4)5;2-1(3)4/h2H,1H3;;1H. The van der Waals surface area contributed by atoms with Crippen LogP contribution >= 0.6 is 104 Å². The maximum absolute atomic E-state index is 5.04. The maximum Gasteiger partial charge on any atom is 0.266 e. The quantitative estimate of drug-likeness (QED) is 0.435. The second-order valence-corrected chi connectivity index (χ2v) is 8.14. The summed E-state index contributed by atoms with van der Waals surface area (Å²) in [7, 11) is 0. The average Bonchev–Trinajstić information content (AvgIpc) is 1.50. The van der Waals surface area contributed by atoms with Crippen molar-refractivity contribution in [2.75, 3.05) is 0 Å². The van der Waals surface area contributed by atoms with Crippen LogP contribution < -0.4 is 0 Å². The van der Waals surface area contributed by atoms with E-state index in [1.54, 1.807) is 6.92 Å². The highest BCUT2D eigenvalue weighted by Crippen LogP contribution is 2.29. The smallest absolute Gasteiger partial charge is 0.106 e. The molecule has 84 valence electrons. The van der Waals surface area contributed by atoms with Gasteiger partial charge in [0.25, 0.3) is 3.25 Å². The zero-order chi connectivity index (χ0) is 11.7. The van der Waals surface area contributed by atoms with E-state index in [1.165, 1.54) is 0 Å². The first-order valence-electron chi connectivity index (χ1n) is 2.42. The minimum atomic E-state index is -1.61. The molecule has 0 aliphatic carbocycles. The fourth-order valence-electron chi connectivity index (χ4n) is 0. The van der Waals surface area contributed by atoms with Crippen molar-refractivity contribution in [3.05, 3.63) is 0 Å². The molecule has 0 unspecified atom stereocenters. The van der Waals surface area contributed by atoms with Gasteiger partial charge in [-0.2, -0.15) is 0 Å². The summed E-state index contributed by atoms with van der Waals surface area (Å²) in [6.45, 7) is 1.70. The predicted octanol–water partition coefficient (Wildman–Crippen LogP) is 6.35. The van der Waals surface area contributed by atoms with Gasteiger partial charge in [-0.25, -0.2) is 0 Å². The van der Waals surface area contributed by atoms with E-state index in [0.29, 0.717) is 0 Å². The van der Waals surface area contributed by atoms with Gasteiger partial charge in [-0.15, -0.1) is 23.2 Å². The SMILES string of the molecule is CC(Cl)Cl.ClC(Cl)(Cl)Cl.ClC(Cl)Cl. The third-order valence-corrected chi connectivity index (χ3v) is 0. The van der Waals surface area contributed by atoms with E-state index >= 15 is 0 Å². The minimum Gasteiger partial charge on any atom is -0.106 e. The molecule has 0 aromatic heterocycles. The van der Waals surface area contributed by atoms with Gasteiger partial charge in [0.2, 0.25) is 0 Å². The number of rotatable bonds is 0. The first-order valence-corrected chi connectivity index (χ1v) is 6.12. The Hall–Kier alpha value is 2.61. The highest BCUT2D eigenvalue weighted by atomic mass is 35.6. The fraction of sp³-hybridized carbons (Fsp3) is 1.00. The normalized spacial score (nSPS) is 10.2. The molecule has 0 atom stereocenters. The summed E-state index contributed by atoms with van der Waals surface area (Å²) in [6, 6.07) is 0. The number of hydrogen-bond donors (Lipinski definition) is 0. The molecule has 13 heavy (non-hydrogen) atoms. The predicted molar refractivity (Wildman–Crippen MR) is 68.7 cm³/mol. The van der Waals surface area contributed by atoms with E-state index in [0.717, 1.165) is 0 Å². The second kappa shape index (κ2) is 12.7. The minimum absolute atomic E-state index is 0.222. The molecule has 0 radical (unpaired) electrons. The third kappa shape index (κ3) is 341. The van der Waals surface area contributed by atoms with E-state index in [1.807, 2.05) is 0 Å². The average molecular weight is 372 g/mol. The monoisotopic (exact) mass is 368 g/mol. The zero-order valence-corrected chi connectivity index (χ0v) is 12.9. The molecule has 0 aliphatic heterocycles. The summed E-state index contributed by atoms with van der Waals surface area (Å²) in [5.74, 6) is 0. The Kier molecular flexibility index (Phi) is 20.4. The summed E-state index contributed by atoms with van der Waals surface area (Å²) in [5, 5.41) is 0. The van der Waals surface area contributed by atoms with Gasteiger partial charge >= 0.3 is 0 Å². The maximum atomic E-state index is 5.04. The van der Waals surface area contributed by atoms with Crippen LogP contribution in [0.25, 0.3) is 0 Å². The van der Waals surface area contributed by atoms with Crippen LogP contribution in [0.1, 0.15) is 6.92 Å². The highest BCUT2D eigenvalue weighted by Gasteiger charge is 2.11. The lowest BCUT2D eigenvalue weighted by molar-refractivity contribution is 1.39. The summed E-state index contributed by atoms with van der Waals surface area (Å²) >= 11 is 43.8. The molecule has 0 spiro atoms. The fourth-order valence-corrected chi connectivity index (χ4v) is 0. The van der Waals surface area contributed by atoms with Crippen LogP contribution in [0.2, 0.25) is 0 Å². The van der Waals surface area contributed by atoms with Crippen LogP contribution in [-0.4, -0.2) is 12.4 Å². The number of hydrogen-bond acceptors (Lipinski definition) is 0. The van der Waals surface area contributed by atoms with Crippen molar-refractivity contribution in [3.8, 4) is 0 Å². The molecular formula is C4H5Cl9. The number of halogens is 9. The van der Waals surface area contributed by atoms with Gasteiger partial charge in [0.1, 0.15) is 4.84 Å². The highest BCUT2D eigenvalue weighted by molar-refractivity contribution is 6.83. The Bertz CT molecular complexity index is 66.6. The molecule has 0 fully saturated rings. The van der Waals surface area contributed by atoms with Gasteiger partial charge < -0.3 is 0 Å².